The highest BCUT2D eigenvalue weighted by molar-refractivity contribution is 7.85. The molecule has 0 atom stereocenters. The van der Waals surface area contributed by atoms with Crippen LogP contribution < -0.4 is 0 Å². The zero-order valence-electron chi connectivity index (χ0n) is 15.9. The summed E-state index contributed by atoms with van der Waals surface area (Å²) in [7, 11) is 6.21. The summed E-state index contributed by atoms with van der Waals surface area (Å²) >= 11 is 0. The van der Waals surface area contributed by atoms with Gasteiger partial charge in [0.1, 0.15) is 51.6 Å². The van der Waals surface area contributed by atoms with E-state index in [9.17, 15) is 13.2 Å². The third kappa shape index (κ3) is 5.20. The quantitative estimate of drug-likeness (QED) is 0.280. The van der Waals surface area contributed by atoms with Gasteiger partial charge in [0.25, 0.3) is 10.1 Å². The van der Waals surface area contributed by atoms with Crippen molar-refractivity contribution in [2.75, 3.05) is 12.4 Å². The van der Waals surface area contributed by atoms with Crippen LogP contribution >= 0.6 is 0 Å². The number of hydrogen-bond acceptors (Lipinski definition) is 4. The van der Waals surface area contributed by atoms with E-state index in [-0.39, 0.29) is 6.61 Å². The fraction of sp³-hybridized carbons (Fsp3) is 0.500. The first-order valence-corrected chi connectivity index (χ1v) is 10.7. The molecule has 0 aliphatic rings. The maximum Gasteiger partial charge on any atom is 0.338 e. The van der Waals surface area contributed by atoms with Gasteiger partial charge in [0.05, 0.1) is 5.56 Å². The molecule has 25 heavy (non-hydrogen) atoms. The second kappa shape index (κ2) is 9.57. The Balaban J connectivity index is 3.48. The largest absolute Gasteiger partial charge is 0.461 e. The third-order valence-electron chi connectivity index (χ3n) is 4.61. The molecular formula is C14H25B5O5S. The smallest absolute Gasteiger partial charge is 0.338 e. The van der Waals surface area contributed by atoms with Gasteiger partial charge in [-0.3, -0.25) is 4.55 Å². The first-order valence-electron chi connectivity index (χ1n) is 9.05. The highest BCUT2D eigenvalue weighted by atomic mass is 32.2. The summed E-state index contributed by atoms with van der Waals surface area (Å²) in [5, 5.41) is 0. The Morgan fingerprint density at radius 1 is 0.800 bits per heavy atom. The summed E-state index contributed by atoms with van der Waals surface area (Å²) in [4.78, 5) is 12.7. The molecule has 0 saturated heterocycles. The van der Waals surface area contributed by atoms with Crippen LogP contribution in [0.1, 0.15) is 38.2 Å². The zero-order chi connectivity index (χ0) is 19.2. The van der Waals surface area contributed by atoms with E-state index in [1.807, 2.05) is 15.7 Å². The zero-order valence-corrected chi connectivity index (χ0v) is 16.8. The fourth-order valence-electron chi connectivity index (χ4n) is 3.65. The number of benzene rings is 1. The number of hydrogen-bond donors (Lipinski definition) is 1. The number of rotatable bonds is 9. The van der Waals surface area contributed by atoms with Crippen molar-refractivity contribution >= 4 is 55.3 Å². The molecule has 0 spiro atoms. The summed E-state index contributed by atoms with van der Waals surface area (Å²) < 4.78 is 35.7. The van der Waals surface area contributed by atoms with Crippen LogP contribution in [-0.2, 0) is 46.5 Å². The van der Waals surface area contributed by atoms with Crippen molar-refractivity contribution in [3.8, 4) is 0 Å². The van der Waals surface area contributed by atoms with Crippen LogP contribution in [0.25, 0.3) is 0 Å². The first-order chi connectivity index (χ1) is 11.7. The predicted octanol–water partition coefficient (Wildman–Crippen LogP) is -3.60. The molecule has 0 heterocycles. The molecule has 1 aromatic rings. The predicted molar refractivity (Wildman–Crippen MR) is 114 cm³/mol. The summed E-state index contributed by atoms with van der Waals surface area (Å²) in [6.07, 6.45) is 4.04. The van der Waals surface area contributed by atoms with Gasteiger partial charge in [-0.1, -0.05) is 37.2 Å². The van der Waals surface area contributed by atoms with E-state index in [0.29, 0.717) is 5.56 Å². The normalized spacial score (nSPS) is 11.4. The Hall–Kier alpha value is -1.08. The van der Waals surface area contributed by atoms with E-state index in [1.54, 1.807) is 0 Å². The molecule has 11 heteroatoms. The fourth-order valence-corrected chi connectivity index (χ4v) is 3.94. The van der Waals surface area contributed by atoms with Crippen molar-refractivity contribution in [2.24, 2.45) is 0 Å². The van der Waals surface area contributed by atoms with Crippen molar-refractivity contribution in [3.05, 3.63) is 33.4 Å². The van der Waals surface area contributed by atoms with Crippen LogP contribution in [0, 0.1) is 0 Å². The van der Waals surface area contributed by atoms with Crippen LogP contribution in [0.5, 0.6) is 0 Å². The van der Waals surface area contributed by atoms with Crippen LogP contribution in [0.2, 0.25) is 0 Å². The standard InChI is InChI=1S/C14H25B5O5S/c15-3-8-9(4-16)11(6-18)13(12(7-19)10(8)5-17)14(20)24-1-2-25(21,22)23/h1-7,15-19H2,(H,21,22,23). The molecule has 5 nitrogen and oxygen atoms in total. The van der Waals surface area contributed by atoms with E-state index < -0.39 is 21.8 Å². The van der Waals surface area contributed by atoms with Gasteiger partial charge in [0.2, 0.25) is 0 Å². The van der Waals surface area contributed by atoms with Crippen molar-refractivity contribution in [1.29, 1.82) is 0 Å². The average Bonchev–Trinajstić information content (AvgIpc) is 2.57. The molecule has 0 aliphatic heterocycles. The molecule has 0 fully saturated rings. The van der Waals surface area contributed by atoms with Gasteiger partial charge in [0.15, 0.2) is 0 Å². The Bertz CT molecular complexity index is 703. The lowest BCUT2D eigenvalue weighted by Gasteiger charge is -2.24. The lowest BCUT2D eigenvalue weighted by Crippen LogP contribution is -2.21. The minimum Gasteiger partial charge on any atom is -0.461 e. The average molecular weight is 359 g/mol. The molecule has 1 rings (SSSR count). The maximum absolute atomic E-state index is 12.7. The SMILES string of the molecule is BCc1c(CB)c(CB)c(C(=O)OCCS(=O)(=O)O)c(CB)c1CB. The van der Waals surface area contributed by atoms with Gasteiger partial charge < -0.3 is 4.74 Å². The minimum atomic E-state index is -4.15. The van der Waals surface area contributed by atoms with Crippen LogP contribution in [0.15, 0.2) is 0 Å². The molecule has 0 radical (unpaired) electrons. The Labute approximate surface area is 155 Å². The molecule has 1 aromatic carbocycles. The van der Waals surface area contributed by atoms with Crippen LogP contribution in [0.4, 0.5) is 0 Å². The highest BCUT2D eigenvalue weighted by Crippen LogP contribution is 2.30. The molecule has 0 unspecified atom stereocenters. The molecular weight excluding hydrogens is 334 g/mol. The number of carbonyl (C=O) groups excluding carboxylic acids is 1. The number of carbonyl (C=O) groups is 1. The topological polar surface area (TPSA) is 80.7 Å². The third-order valence-corrected chi connectivity index (χ3v) is 5.29. The van der Waals surface area contributed by atoms with E-state index in [2.05, 4.69) is 23.5 Å². The monoisotopic (exact) mass is 360 g/mol. The Morgan fingerprint density at radius 2 is 1.16 bits per heavy atom. The molecule has 0 aromatic heterocycles. The molecule has 0 aliphatic carbocycles. The molecule has 132 valence electrons. The van der Waals surface area contributed by atoms with Crippen LogP contribution in [-0.4, -0.2) is 70.5 Å². The summed E-state index contributed by atoms with van der Waals surface area (Å²) in [5.74, 6) is -1.08. The molecule has 0 bridgehead atoms. The van der Waals surface area contributed by atoms with Gasteiger partial charge in [-0.2, -0.15) is 8.42 Å². The van der Waals surface area contributed by atoms with Crippen molar-refractivity contribution in [2.45, 2.75) is 31.6 Å². The summed E-state index contributed by atoms with van der Waals surface area (Å²) in [6, 6.07) is 0. The van der Waals surface area contributed by atoms with Gasteiger partial charge >= 0.3 is 5.97 Å². The lowest BCUT2D eigenvalue weighted by atomic mass is 9.70. The van der Waals surface area contributed by atoms with Crippen molar-refractivity contribution in [3.63, 3.8) is 0 Å². The second-order valence-corrected chi connectivity index (χ2v) is 7.53. The van der Waals surface area contributed by atoms with Gasteiger partial charge in [-0.25, -0.2) is 4.79 Å². The van der Waals surface area contributed by atoms with Crippen LogP contribution in [0.3, 0.4) is 0 Å². The molecule has 1 N–H and O–H groups in total. The number of esters is 1. The van der Waals surface area contributed by atoms with E-state index >= 15 is 0 Å². The summed E-state index contributed by atoms with van der Waals surface area (Å²) in [5.41, 5.74) is 6.34. The second-order valence-electron chi connectivity index (χ2n) is 5.96. The van der Waals surface area contributed by atoms with Crippen molar-refractivity contribution < 1.29 is 22.5 Å². The Kier molecular flexibility index (Phi) is 8.41. The lowest BCUT2D eigenvalue weighted by molar-refractivity contribution is 0.0526. The minimum absolute atomic E-state index is 0.345. The van der Waals surface area contributed by atoms with E-state index in [1.165, 1.54) is 16.7 Å². The van der Waals surface area contributed by atoms with Gasteiger partial charge in [-0.15, -0.1) is 0 Å². The summed E-state index contributed by atoms with van der Waals surface area (Å²) in [6.45, 7) is -0.345. The first kappa shape index (κ1) is 22.0. The van der Waals surface area contributed by atoms with Crippen molar-refractivity contribution in [1.82, 2.24) is 0 Å². The molecule has 0 amide bonds. The van der Waals surface area contributed by atoms with Gasteiger partial charge in [0, 0.05) is 0 Å². The highest BCUT2D eigenvalue weighted by Gasteiger charge is 2.24. The van der Waals surface area contributed by atoms with E-state index in [0.717, 1.165) is 42.7 Å². The van der Waals surface area contributed by atoms with Gasteiger partial charge in [-0.05, 0) is 22.3 Å². The number of ether oxygens (including phenoxy) is 1. The van der Waals surface area contributed by atoms with E-state index in [4.69, 9.17) is 9.29 Å². The maximum atomic E-state index is 12.7. The Morgan fingerprint density at radius 3 is 1.48 bits per heavy atom. The molecule has 0 saturated carbocycles.